The van der Waals surface area contributed by atoms with Crippen molar-refractivity contribution in [2.75, 3.05) is 14.1 Å². The summed E-state index contributed by atoms with van der Waals surface area (Å²) >= 11 is 0. The molecule has 0 amide bonds. The zero-order chi connectivity index (χ0) is 12.7. The number of fused-ring (bicyclic) bond motifs is 1. The van der Waals surface area contributed by atoms with Crippen LogP contribution in [0, 0.1) is 6.92 Å². The number of benzene rings is 1. The average molecular weight is 244 g/mol. The van der Waals surface area contributed by atoms with Crippen molar-refractivity contribution in [3.05, 3.63) is 35.4 Å². The zero-order valence-electron chi connectivity index (χ0n) is 11.8. The molecule has 2 atom stereocenters. The van der Waals surface area contributed by atoms with Crippen molar-refractivity contribution < 1.29 is 0 Å². The van der Waals surface area contributed by atoms with Crippen molar-refractivity contribution in [3.8, 4) is 0 Å². The molecule has 0 spiro atoms. The summed E-state index contributed by atoms with van der Waals surface area (Å²) in [5, 5.41) is 0. The molecule has 18 heavy (non-hydrogen) atoms. The topological polar surface area (TPSA) is 6.48 Å². The number of hydrogen-bond donors (Lipinski definition) is 0. The van der Waals surface area contributed by atoms with Gasteiger partial charge in [-0.3, -0.25) is 9.80 Å². The molecule has 1 saturated carbocycles. The van der Waals surface area contributed by atoms with Crippen LogP contribution in [0.5, 0.6) is 0 Å². The van der Waals surface area contributed by atoms with Crippen LogP contribution in [0.2, 0.25) is 0 Å². The Labute approximate surface area is 111 Å². The first kappa shape index (κ1) is 12.2. The van der Waals surface area contributed by atoms with Gasteiger partial charge in [0.15, 0.2) is 0 Å². The Bertz CT molecular complexity index is 411. The van der Waals surface area contributed by atoms with Crippen molar-refractivity contribution in [3.63, 3.8) is 0 Å². The van der Waals surface area contributed by atoms with E-state index in [9.17, 15) is 0 Å². The largest absolute Gasteiger partial charge is 0.283 e. The highest BCUT2D eigenvalue weighted by atomic mass is 15.4. The molecule has 1 aliphatic heterocycles. The van der Waals surface area contributed by atoms with Crippen LogP contribution in [0.3, 0.4) is 0 Å². The van der Waals surface area contributed by atoms with E-state index in [2.05, 4.69) is 55.1 Å². The summed E-state index contributed by atoms with van der Waals surface area (Å²) in [4.78, 5) is 5.21. The smallest absolute Gasteiger partial charge is 0.0889 e. The minimum atomic E-state index is 0.472. The van der Waals surface area contributed by atoms with Crippen molar-refractivity contribution in [1.82, 2.24) is 9.80 Å². The Morgan fingerprint density at radius 1 is 0.944 bits per heavy atom. The summed E-state index contributed by atoms with van der Waals surface area (Å²) < 4.78 is 0. The lowest BCUT2D eigenvalue weighted by Crippen LogP contribution is -2.37. The maximum Gasteiger partial charge on any atom is 0.0889 e. The van der Waals surface area contributed by atoms with Gasteiger partial charge < -0.3 is 0 Å². The molecule has 1 heterocycles. The van der Waals surface area contributed by atoms with Crippen LogP contribution in [-0.2, 0) is 0 Å². The van der Waals surface area contributed by atoms with Gasteiger partial charge in [-0.25, -0.2) is 0 Å². The molecular formula is C16H24N2. The Morgan fingerprint density at radius 2 is 1.50 bits per heavy atom. The van der Waals surface area contributed by atoms with Gasteiger partial charge in [0, 0.05) is 12.1 Å². The van der Waals surface area contributed by atoms with Gasteiger partial charge in [0.2, 0.25) is 0 Å². The predicted octanol–water partition coefficient (Wildman–Crippen LogP) is 3.18. The second-order valence-electron chi connectivity index (χ2n) is 5.98. The third-order valence-corrected chi connectivity index (χ3v) is 4.98. The molecule has 2 nitrogen and oxygen atoms in total. The summed E-state index contributed by atoms with van der Waals surface area (Å²) in [6.45, 7) is 2.24. The summed E-state index contributed by atoms with van der Waals surface area (Å²) in [6.07, 6.45) is 6.01. The second-order valence-corrected chi connectivity index (χ2v) is 5.98. The summed E-state index contributed by atoms with van der Waals surface area (Å²) in [5.41, 5.74) is 2.90. The Morgan fingerprint density at radius 3 is 2.06 bits per heavy atom. The van der Waals surface area contributed by atoms with Gasteiger partial charge in [-0.15, -0.1) is 0 Å². The molecule has 0 bridgehead atoms. The van der Waals surface area contributed by atoms with E-state index in [-0.39, 0.29) is 0 Å². The van der Waals surface area contributed by atoms with Crippen molar-refractivity contribution in [1.29, 1.82) is 0 Å². The van der Waals surface area contributed by atoms with E-state index in [4.69, 9.17) is 0 Å². The molecule has 0 unspecified atom stereocenters. The molecule has 1 aromatic rings. The first-order valence-electron chi connectivity index (χ1n) is 7.19. The van der Waals surface area contributed by atoms with Crippen LogP contribution >= 0.6 is 0 Å². The molecule has 1 aromatic carbocycles. The fourth-order valence-electron chi connectivity index (χ4n) is 4.01. The lowest BCUT2D eigenvalue weighted by Gasteiger charge is -2.29. The molecule has 98 valence electrons. The Kier molecular flexibility index (Phi) is 3.16. The predicted molar refractivity (Wildman–Crippen MR) is 75.5 cm³/mol. The first-order valence-corrected chi connectivity index (χ1v) is 7.19. The summed E-state index contributed by atoms with van der Waals surface area (Å²) in [6, 6.07) is 10.4. The quantitative estimate of drug-likeness (QED) is 0.748. The van der Waals surface area contributed by atoms with E-state index in [0.29, 0.717) is 6.17 Å². The van der Waals surface area contributed by atoms with Crippen LogP contribution in [0.15, 0.2) is 24.3 Å². The third-order valence-electron chi connectivity index (χ3n) is 4.98. The number of hydrogen-bond acceptors (Lipinski definition) is 2. The number of rotatable bonds is 1. The van der Waals surface area contributed by atoms with E-state index < -0.39 is 0 Å². The van der Waals surface area contributed by atoms with E-state index >= 15 is 0 Å². The summed E-state index contributed by atoms with van der Waals surface area (Å²) in [5.74, 6) is 0. The van der Waals surface area contributed by atoms with Gasteiger partial charge in [-0.2, -0.15) is 0 Å². The van der Waals surface area contributed by atoms with Crippen LogP contribution in [-0.4, -0.2) is 36.0 Å². The van der Waals surface area contributed by atoms with Gasteiger partial charge >= 0.3 is 0 Å². The number of likely N-dealkylation sites (N-methyl/N-ethyl adjacent to an activating group) is 2. The van der Waals surface area contributed by atoms with Crippen molar-refractivity contribution >= 4 is 0 Å². The zero-order valence-corrected chi connectivity index (χ0v) is 11.8. The van der Waals surface area contributed by atoms with E-state index in [1.54, 1.807) is 0 Å². The minimum Gasteiger partial charge on any atom is -0.283 e. The Hall–Kier alpha value is -0.860. The van der Waals surface area contributed by atoms with Gasteiger partial charge in [0.25, 0.3) is 0 Å². The lowest BCUT2D eigenvalue weighted by atomic mass is 9.91. The van der Waals surface area contributed by atoms with Gasteiger partial charge in [0.05, 0.1) is 6.17 Å². The average Bonchev–Trinajstić information content (AvgIpc) is 2.64. The fraction of sp³-hybridized carbons (Fsp3) is 0.625. The van der Waals surface area contributed by atoms with Crippen LogP contribution in [0.25, 0.3) is 0 Å². The van der Waals surface area contributed by atoms with E-state index in [1.807, 2.05) is 0 Å². The van der Waals surface area contributed by atoms with E-state index in [0.717, 1.165) is 12.1 Å². The molecule has 0 aromatic heterocycles. The highest BCUT2D eigenvalue weighted by Gasteiger charge is 2.44. The molecule has 2 aliphatic rings. The van der Waals surface area contributed by atoms with Gasteiger partial charge in [-0.05, 0) is 45.0 Å². The van der Waals surface area contributed by atoms with Crippen molar-refractivity contribution in [2.45, 2.75) is 50.9 Å². The molecule has 3 rings (SSSR count). The highest BCUT2D eigenvalue weighted by molar-refractivity contribution is 5.30. The highest BCUT2D eigenvalue weighted by Crippen LogP contribution is 2.41. The van der Waals surface area contributed by atoms with Crippen LogP contribution in [0.1, 0.15) is 43.0 Å². The molecule has 1 saturated heterocycles. The number of nitrogens with zero attached hydrogens (tertiary/aromatic N) is 2. The molecule has 0 radical (unpaired) electrons. The minimum absolute atomic E-state index is 0.472. The molecular weight excluding hydrogens is 220 g/mol. The van der Waals surface area contributed by atoms with Crippen LogP contribution < -0.4 is 0 Å². The molecule has 1 aliphatic carbocycles. The molecule has 0 N–H and O–H groups in total. The van der Waals surface area contributed by atoms with Gasteiger partial charge in [-0.1, -0.05) is 37.1 Å². The van der Waals surface area contributed by atoms with Gasteiger partial charge in [0.1, 0.15) is 0 Å². The van der Waals surface area contributed by atoms with Crippen LogP contribution in [0.4, 0.5) is 0 Å². The maximum atomic E-state index is 2.60. The summed E-state index contributed by atoms with van der Waals surface area (Å²) in [7, 11) is 4.62. The number of aryl methyl sites for hydroxylation is 1. The first-order chi connectivity index (χ1) is 8.70. The fourth-order valence-corrected chi connectivity index (χ4v) is 4.01. The Balaban J connectivity index is 1.95. The second kappa shape index (κ2) is 4.67. The molecule has 2 fully saturated rings. The SMILES string of the molecule is Cc1ccccc1C1N(C)[C@H]2CCCC[C@@H]2N1C. The standard InChI is InChI=1S/C16H24N2/c1-12-8-4-5-9-13(12)16-17(2)14-10-6-7-11-15(14)18(16)3/h4-5,8-9,14-16H,6-7,10-11H2,1-3H3/t14-,15-/m0/s1. The normalized spacial score (nSPS) is 30.6. The monoisotopic (exact) mass is 244 g/mol. The maximum absolute atomic E-state index is 2.60. The van der Waals surface area contributed by atoms with Crippen molar-refractivity contribution in [2.24, 2.45) is 0 Å². The lowest BCUT2D eigenvalue weighted by molar-refractivity contribution is 0.164. The third kappa shape index (κ3) is 1.79. The molecule has 2 heteroatoms. The van der Waals surface area contributed by atoms with E-state index in [1.165, 1.54) is 36.8 Å².